The summed E-state index contributed by atoms with van der Waals surface area (Å²) in [4.78, 5) is 38.5. The van der Waals surface area contributed by atoms with E-state index in [-0.39, 0.29) is 30.6 Å². The van der Waals surface area contributed by atoms with Gasteiger partial charge >= 0.3 is 5.97 Å². The second kappa shape index (κ2) is 8.15. The van der Waals surface area contributed by atoms with Gasteiger partial charge in [-0.05, 0) is 47.4 Å². The van der Waals surface area contributed by atoms with Crippen LogP contribution >= 0.6 is 11.6 Å². The topological polar surface area (TPSA) is 63.7 Å². The monoisotopic (exact) mass is 399 g/mol. The van der Waals surface area contributed by atoms with Gasteiger partial charge in [-0.15, -0.1) is 0 Å². The molecule has 28 heavy (non-hydrogen) atoms. The molecule has 1 aliphatic rings. The van der Waals surface area contributed by atoms with Crippen LogP contribution in [0.3, 0.4) is 0 Å². The quantitative estimate of drug-likeness (QED) is 0.543. The third-order valence-corrected chi connectivity index (χ3v) is 5.23. The molecule has 0 spiro atoms. The molecule has 1 aliphatic heterocycles. The summed E-state index contributed by atoms with van der Waals surface area (Å²) < 4.78 is 5.33. The fraction of sp³-hybridized carbons (Fsp3) is 0.318. The highest BCUT2D eigenvalue weighted by Gasteiger charge is 2.27. The summed E-state index contributed by atoms with van der Waals surface area (Å²) in [7, 11) is 1.71. The van der Waals surface area contributed by atoms with Gasteiger partial charge in [0.1, 0.15) is 0 Å². The third kappa shape index (κ3) is 4.09. The van der Waals surface area contributed by atoms with Gasteiger partial charge in [0, 0.05) is 23.3 Å². The molecule has 1 heterocycles. The molecule has 2 aromatic carbocycles. The highest BCUT2D eigenvalue weighted by molar-refractivity contribution is 6.30. The Bertz CT molecular complexity index is 921. The molecular formula is C22H22ClNO4. The molecule has 0 unspecified atom stereocenters. The van der Waals surface area contributed by atoms with Crippen molar-refractivity contribution in [3.05, 3.63) is 64.2 Å². The van der Waals surface area contributed by atoms with Crippen molar-refractivity contribution in [2.24, 2.45) is 5.92 Å². The lowest BCUT2D eigenvalue weighted by Crippen LogP contribution is -2.23. The van der Waals surface area contributed by atoms with Crippen molar-refractivity contribution < 1.29 is 19.1 Å². The molecule has 0 saturated heterocycles. The Hall–Kier alpha value is -2.66. The van der Waals surface area contributed by atoms with Crippen molar-refractivity contribution in [2.45, 2.75) is 26.2 Å². The van der Waals surface area contributed by atoms with Crippen molar-refractivity contribution in [3.8, 4) is 0 Å². The molecule has 0 saturated carbocycles. The Labute approximate surface area is 169 Å². The van der Waals surface area contributed by atoms with Gasteiger partial charge in [-0.25, -0.2) is 0 Å². The van der Waals surface area contributed by atoms with E-state index in [1.165, 1.54) is 0 Å². The fourth-order valence-corrected chi connectivity index (χ4v) is 3.54. The number of halogens is 1. The highest BCUT2D eigenvalue weighted by atomic mass is 35.5. The number of amides is 1. The summed E-state index contributed by atoms with van der Waals surface area (Å²) in [5, 5.41) is 0.593. The van der Waals surface area contributed by atoms with Crippen LogP contribution in [-0.2, 0) is 20.7 Å². The average Bonchev–Trinajstić information content (AvgIpc) is 2.94. The molecule has 3 rings (SSSR count). The number of hydrogen-bond acceptors (Lipinski definition) is 4. The van der Waals surface area contributed by atoms with Crippen LogP contribution in [-0.4, -0.2) is 31.3 Å². The van der Waals surface area contributed by atoms with E-state index in [1.54, 1.807) is 54.4 Å². The molecule has 0 fully saturated rings. The minimum Gasteiger partial charge on any atom is -0.457 e. The van der Waals surface area contributed by atoms with E-state index in [0.29, 0.717) is 10.6 Å². The molecule has 146 valence electrons. The zero-order valence-electron chi connectivity index (χ0n) is 16.1. The molecule has 6 heteroatoms. The summed E-state index contributed by atoms with van der Waals surface area (Å²) in [6, 6.07) is 12.2. The van der Waals surface area contributed by atoms with Crippen molar-refractivity contribution in [3.63, 3.8) is 0 Å². The normalized spacial score (nSPS) is 14.2. The molecule has 0 N–H and O–H groups in total. The summed E-state index contributed by atoms with van der Waals surface area (Å²) in [5.41, 5.74) is 2.85. The summed E-state index contributed by atoms with van der Waals surface area (Å²) in [5.74, 6) is -1.21. The molecule has 0 aliphatic carbocycles. The number of carbonyl (C=O) groups is 3. The SMILES string of the molecule is CC(C)[C@H](C(=O)OCC(=O)c1ccc2c(c1)CC(=O)N2C)c1ccc(Cl)cc1. The van der Waals surface area contributed by atoms with Crippen LogP contribution in [0.1, 0.15) is 41.3 Å². The van der Waals surface area contributed by atoms with Gasteiger partial charge in [0.15, 0.2) is 12.4 Å². The lowest BCUT2D eigenvalue weighted by molar-refractivity contribution is -0.145. The minimum atomic E-state index is -0.476. The Kier molecular flexibility index (Phi) is 5.84. The van der Waals surface area contributed by atoms with E-state index in [9.17, 15) is 14.4 Å². The number of fused-ring (bicyclic) bond motifs is 1. The van der Waals surface area contributed by atoms with Crippen molar-refractivity contribution in [2.75, 3.05) is 18.6 Å². The van der Waals surface area contributed by atoms with Gasteiger partial charge in [-0.3, -0.25) is 14.4 Å². The van der Waals surface area contributed by atoms with Crippen molar-refractivity contribution in [1.82, 2.24) is 0 Å². The predicted molar refractivity (Wildman–Crippen MR) is 108 cm³/mol. The Morgan fingerprint density at radius 2 is 1.82 bits per heavy atom. The van der Waals surface area contributed by atoms with Crippen LogP contribution < -0.4 is 4.90 Å². The number of benzene rings is 2. The minimum absolute atomic E-state index is 0.00493. The van der Waals surface area contributed by atoms with Crippen LogP contribution in [0.25, 0.3) is 0 Å². The number of anilines is 1. The summed E-state index contributed by atoms with van der Waals surface area (Å²) >= 11 is 5.92. The molecule has 1 amide bonds. The number of likely N-dealkylation sites (N-methyl/N-ethyl adjacent to an activating group) is 1. The van der Waals surface area contributed by atoms with E-state index in [1.807, 2.05) is 13.8 Å². The highest BCUT2D eigenvalue weighted by Crippen LogP contribution is 2.29. The second-order valence-electron chi connectivity index (χ2n) is 7.28. The van der Waals surface area contributed by atoms with Crippen LogP contribution in [0, 0.1) is 5.92 Å². The maximum absolute atomic E-state index is 12.6. The van der Waals surface area contributed by atoms with Gasteiger partial charge in [-0.1, -0.05) is 37.6 Å². The van der Waals surface area contributed by atoms with Gasteiger partial charge in [0.25, 0.3) is 0 Å². The van der Waals surface area contributed by atoms with Crippen molar-refractivity contribution in [1.29, 1.82) is 0 Å². The summed E-state index contributed by atoms with van der Waals surface area (Å²) in [6.07, 6.45) is 0.277. The Balaban J connectivity index is 1.68. The predicted octanol–water partition coefficient (Wildman–Crippen LogP) is 4.02. The third-order valence-electron chi connectivity index (χ3n) is 4.97. The molecule has 2 aromatic rings. The lowest BCUT2D eigenvalue weighted by atomic mass is 9.88. The average molecular weight is 400 g/mol. The second-order valence-corrected chi connectivity index (χ2v) is 7.71. The zero-order chi connectivity index (χ0) is 20.4. The Morgan fingerprint density at radius 3 is 2.46 bits per heavy atom. The van der Waals surface area contributed by atoms with E-state index in [0.717, 1.165) is 16.8 Å². The van der Waals surface area contributed by atoms with Crippen LogP contribution in [0.4, 0.5) is 5.69 Å². The van der Waals surface area contributed by atoms with E-state index >= 15 is 0 Å². The van der Waals surface area contributed by atoms with E-state index < -0.39 is 11.9 Å². The molecular weight excluding hydrogens is 378 g/mol. The molecule has 0 bridgehead atoms. The maximum Gasteiger partial charge on any atom is 0.314 e. The van der Waals surface area contributed by atoms with Gasteiger partial charge in [-0.2, -0.15) is 0 Å². The number of rotatable bonds is 6. The van der Waals surface area contributed by atoms with Crippen LogP contribution in [0.5, 0.6) is 0 Å². The van der Waals surface area contributed by atoms with Gasteiger partial charge < -0.3 is 9.64 Å². The van der Waals surface area contributed by atoms with Crippen LogP contribution in [0.2, 0.25) is 5.02 Å². The van der Waals surface area contributed by atoms with Crippen LogP contribution in [0.15, 0.2) is 42.5 Å². The van der Waals surface area contributed by atoms with E-state index in [4.69, 9.17) is 16.3 Å². The fourth-order valence-electron chi connectivity index (χ4n) is 3.42. The first-order valence-electron chi connectivity index (χ1n) is 9.12. The first-order valence-corrected chi connectivity index (χ1v) is 9.50. The largest absolute Gasteiger partial charge is 0.457 e. The molecule has 0 aromatic heterocycles. The number of hydrogen-bond donors (Lipinski definition) is 0. The zero-order valence-corrected chi connectivity index (χ0v) is 16.8. The number of esters is 1. The molecule has 0 radical (unpaired) electrons. The number of ether oxygens (including phenoxy) is 1. The van der Waals surface area contributed by atoms with Crippen molar-refractivity contribution >= 4 is 34.9 Å². The lowest BCUT2D eigenvalue weighted by Gasteiger charge is -2.20. The maximum atomic E-state index is 12.6. The van der Waals surface area contributed by atoms with Gasteiger partial charge in [0.05, 0.1) is 12.3 Å². The number of carbonyl (C=O) groups excluding carboxylic acids is 3. The summed E-state index contributed by atoms with van der Waals surface area (Å²) in [6.45, 7) is 3.52. The first kappa shape index (κ1) is 20.1. The van der Waals surface area contributed by atoms with E-state index in [2.05, 4.69) is 0 Å². The first-order chi connectivity index (χ1) is 13.3. The molecule has 5 nitrogen and oxygen atoms in total. The number of ketones is 1. The Morgan fingerprint density at radius 1 is 1.14 bits per heavy atom. The standard InChI is InChI=1S/C22H22ClNO4/c1-13(2)21(14-4-7-17(23)8-5-14)22(27)28-12-19(25)15-6-9-18-16(10-15)11-20(26)24(18)3/h4-10,13,21H,11-12H2,1-3H3/t21-/m0/s1. The smallest absolute Gasteiger partial charge is 0.314 e. The van der Waals surface area contributed by atoms with Gasteiger partial charge in [0.2, 0.25) is 5.91 Å². The molecule has 1 atom stereocenters. The number of nitrogens with zero attached hydrogens (tertiary/aromatic N) is 1. The number of Topliss-reactive ketones (excluding diaryl/α,β-unsaturated/α-hetero) is 1.